The largest absolute Gasteiger partial charge is 0.466 e. The molecular formula is C20H15ClN2O3S2. The maximum absolute atomic E-state index is 13.2. The topological polar surface area (TPSA) is 60.7 Å². The van der Waals surface area contributed by atoms with Gasteiger partial charge in [0.15, 0.2) is 4.80 Å². The van der Waals surface area contributed by atoms with Crippen LogP contribution in [0.5, 0.6) is 0 Å². The lowest BCUT2D eigenvalue weighted by Gasteiger charge is -2.22. The first-order valence-electron chi connectivity index (χ1n) is 8.39. The van der Waals surface area contributed by atoms with Crippen LogP contribution in [0, 0.1) is 0 Å². The van der Waals surface area contributed by atoms with E-state index in [2.05, 4.69) is 4.99 Å². The zero-order chi connectivity index (χ0) is 19.8. The molecule has 3 heterocycles. The summed E-state index contributed by atoms with van der Waals surface area (Å²) < 4.78 is 7.10. The van der Waals surface area contributed by atoms with Crippen LogP contribution in [0.1, 0.15) is 23.4 Å². The number of fused-ring (bicyclic) bond motifs is 1. The summed E-state index contributed by atoms with van der Waals surface area (Å²) in [7, 11) is 1.33. The van der Waals surface area contributed by atoms with E-state index >= 15 is 0 Å². The van der Waals surface area contributed by atoms with E-state index in [0.29, 0.717) is 25.6 Å². The van der Waals surface area contributed by atoms with Crippen LogP contribution in [0.25, 0.3) is 6.08 Å². The number of carbonyl (C=O) groups excluding carboxylic acids is 1. The minimum atomic E-state index is -0.545. The van der Waals surface area contributed by atoms with Gasteiger partial charge >= 0.3 is 5.97 Å². The van der Waals surface area contributed by atoms with Crippen LogP contribution in [0.15, 0.2) is 62.8 Å². The first-order chi connectivity index (χ1) is 13.5. The Bertz CT molecular complexity index is 1250. The molecule has 0 saturated heterocycles. The molecule has 0 N–H and O–H groups in total. The number of hydrogen-bond acceptors (Lipinski definition) is 6. The second-order valence-corrected chi connectivity index (χ2v) is 8.57. The number of allylic oxidation sites excluding steroid dienone is 1. The van der Waals surface area contributed by atoms with E-state index in [1.807, 2.05) is 35.7 Å². The lowest BCUT2D eigenvalue weighted by atomic mass is 10.0. The molecule has 0 radical (unpaired) electrons. The molecule has 0 amide bonds. The molecule has 0 unspecified atom stereocenters. The Morgan fingerprint density at radius 2 is 2.04 bits per heavy atom. The Morgan fingerprint density at radius 3 is 2.68 bits per heavy atom. The number of thiazole rings is 1. The molecule has 1 atom stereocenters. The van der Waals surface area contributed by atoms with Gasteiger partial charge in [0.2, 0.25) is 0 Å². The summed E-state index contributed by atoms with van der Waals surface area (Å²) in [5, 5.41) is 2.55. The fourth-order valence-electron chi connectivity index (χ4n) is 3.12. The highest BCUT2D eigenvalue weighted by molar-refractivity contribution is 7.10. The quantitative estimate of drug-likeness (QED) is 0.600. The van der Waals surface area contributed by atoms with Gasteiger partial charge in [-0.05, 0) is 42.1 Å². The van der Waals surface area contributed by atoms with Crippen molar-refractivity contribution < 1.29 is 9.53 Å². The molecule has 0 spiro atoms. The standard InChI is InChI=1S/C20H15ClN2O3S2/c1-11-16(19(25)26-2)17(14-4-3-9-27-14)23-18(24)15(28-20(23)22-11)10-12-5-7-13(21)8-6-12/h3-10,17H,1-2H3/b15-10+/t17-/m1/s1. The third-order valence-electron chi connectivity index (χ3n) is 4.41. The average molecular weight is 431 g/mol. The molecule has 5 nitrogen and oxygen atoms in total. The number of rotatable bonds is 3. The molecule has 1 aliphatic rings. The summed E-state index contributed by atoms with van der Waals surface area (Å²) in [6.07, 6.45) is 1.81. The van der Waals surface area contributed by atoms with Gasteiger partial charge in [0.25, 0.3) is 5.56 Å². The molecule has 8 heteroatoms. The Kier molecular flexibility index (Phi) is 5.05. The van der Waals surface area contributed by atoms with Crippen LogP contribution >= 0.6 is 34.3 Å². The van der Waals surface area contributed by atoms with E-state index in [1.165, 1.54) is 29.8 Å². The maximum atomic E-state index is 13.2. The molecule has 1 aromatic carbocycles. The van der Waals surface area contributed by atoms with Crippen LogP contribution in [-0.4, -0.2) is 17.6 Å². The van der Waals surface area contributed by atoms with Gasteiger partial charge in [-0.3, -0.25) is 9.36 Å². The lowest BCUT2D eigenvalue weighted by Crippen LogP contribution is -2.39. The Labute approximate surface area is 173 Å². The van der Waals surface area contributed by atoms with Gasteiger partial charge in [-0.25, -0.2) is 9.79 Å². The van der Waals surface area contributed by atoms with Crippen molar-refractivity contribution in [1.29, 1.82) is 0 Å². The molecule has 0 saturated carbocycles. The summed E-state index contributed by atoms with van der Waals surface area (Å²) in [6, 6.07) is 10.5. The van der Waals surface area contributed by atoms with Gasteiger partial charge in [0, 0.05) is 9.90 Å². The van der Waals surface area contributed by atoms with Gasteiger partial charge in [0.1, 0.15) is 6.04 Å². The number of methoxy groups -OCH3 is 1. The van der Waals surface area contributed by atoms with E-state index < -0.39 is 12.0 Å². The highest BCUT2D eigenvalue weighted by Gasteiger charge is 2.33. The molecule has 28 heavy (non-hydrogen) atoms. The number of nitrogens with zero attached hydrogens (tertiary/aromatic N) is 2. The van der Waals surface area contributed by atoms with E-state index in [9.17, 15) is 9.59 Å². The van der Waals surface area contributed by atoms with Crippen molar-refractivity contribution in [3.05, 3.63) is 88.2 Å². The summed E-state index contributed by atoms with van der Waals surface area (Å²) in [4.78, 5) is 31.7. The van der Waals surface area contributed by atoms with Gasteiger partial charge in [-0.15, -0.1) is 11.3 Å². The average Bonchev–Trinajstić information content (AvgIpc) is 3.31. The SMILES string of the molecule is COC(=O)C1=C(C)N=c2s/c(=C/c3ccc(Cl)cc3)c(=O)n2[C@@H]1c1cccs1. The highest BCUT2D eigenvalue weighted by atomic mass is 35.5. The van der Waals surface area contributed by atoms with Gasteiger partial charge in [0.05, 0.1) is 22.9 Å². The van der Waals surface area contributed by atoms with Crippen molar-refractivity contribution in [2.24, 2.45) is 4.99 Å². The first-order valence-corrected chi connectivity index (χ1v) is 10.5. The molecule has 0 bridgehead atoms. The van der Waals surface area contributed by atoms with Crippen molar-refractivity contribution in [3.8, 4) is 0 Å². The third kappa shape index (κ3) is 3.26. The molecular weight excluding hydrogens is 416 g/mol. The van der Waals surface area contributed by atoms with E-state index in [4.69, 9.17) is 16.3 Å². The number of carbonyl (C=O) groups is 1. The number of ether oxygens (including phenoxy) is 1. The number of halogens is 1. The number of thiophene rings is 1. The maximum Gasteiger partial charge on any atom is 0.338 e. The fourth-order valence-corrected chi connectivity index (χ4v) is 5.12. The normalized spacial score (nSPS) is 16.7. The number of aromatic nitrogens is 1. The molecule has 4 rings (SSSR count). The van der Waals surface area contributed by atoms with Gasteiger partial charge in [-0.1, -0.05) is 41.1 Å². The highest BCUT2D eigenvalue weighted by Crippen LogP contribution is 2.32. The van der Waals surface area contributed by atoms with E-state index in [1.54, 1.807) is 23.6 Å². The summed E-state index contributed by atoms with van der Waals surface area (Å²) >= 11 is 8.73. The zero-order valence-corrected chi connectivity index (χ0v) is 17.4. The molecule has 0 aliphatic carbocycles. The Balaban J connectivity index is 1.96. The zero-order valence-electron chi connectivity index (χ0n) is 15.0. The second kappa shape index (κ2) is 7.50. The van der Waals surface area contributed by atoms with Crippen molar-refractivity contribution >= 4 is 46.3 Å². The van der Waals surface area contributed by atoms with Crippen molar-refractivity contribution in [2.75, 3.05) is 7.11 Å². The third-order valence-corrected chi connectivity index (χ3v) is 6.57. The fraction of sp³-hybridized carbons (Fsp3) is 0.150. The summed E-state index contributed by atoms with van der Waals surface area (Å²) in [5.41, 5.74) is 1.62. The van der Waals surface area contributed by atoms with Crippen LogP contribution in [-0.2, 0) is 9.53 Å². The minimum Gasteiger partial charge on any atom is -0.466 e. The van der Waals surface area contributed by atoms with E-state index in [-0.39, 0.29) is 5.56 Å². The lowest BCUT2D eigenvalue weighted by molar-refractivity contribution is -0.136. The van der Waals surface area contributed by atoms with Crippen LogP contribution in [0.4, 0.5) is 0 Å². The summed E-state index contributed by atoms with van der Waals surface area (Å²) in [6.45, 7) is 1.77. The number of esters is 1. The smallest absolute Gasteiger partial charge is 0.338 e. The monoisotopic (exact) mass is 430 g/mol. The molecule has 1 aliphatic heterocycles. The van der Waals surface area contributed by atoms with Crippen molar-refractivity contribution in [1.82, 2.24) is 4.57 Å². The van der Waals surface area contributed by atoms with E-state index in [0.717, 1.165) is 10.4 Å². The predicted molar refractivity (Wildman–Crippen MR) is 112 cm³/mol. The second-order valence-electron chi connectivity index (χ2n) is 6.14. The molecule has 3 aromatic rings. The number of hydrogen-bond donors (Lipinski definition) is 0. The van der Waals surface area contributed by atoms with Gasteiger partial charge < -0.3 is 4.74 Å². The number of benzene rings is 1. The van der Waals surface area contributed by atoms with Gasteiger partial charge in [-0.2, -0.15) is 0 Å². The predicted octanol–water partition coefficient (Wildman–Crippen LogP) is 3.12. The van der Waals surface area contributed by atoms with Crippen LogP contribution in [0.3, 0.4) is 0 Å². The van der Waals surface area contributed by atoms with Crippen LogP contribution in [0.2, 0.25) is 5.02 Å². The Hall–Kier alpha value is -2.48. The van der Waals surface area contributed by atoms with Crippen LogP contribution < -0.4 is 14.9 Å². The molecule has 142 valence electrons. The summed E-state index contributed by atoms with van der Waals surface area (Å²) in [5.74, 6) is -0.480. The Morgan fingerprint density at radius 1 is 1.29 bits per heavy atom. The minimum absolute atomic E-state index is 0.189. The van der Waals surface area contributed by atoms with Crippen molar-refractivity contribution in [2.45, 2.75) is 13.0 Å². The first kappa shape index (κ1) is 18.9. The molecule has 0 fully saturated rings. The van der Waals surface area contributed by atoms with Crippen molar-refractivity contribution in [3.63, 3.8) is 0 Å². The molecule has 2 aromatic heterocycles.